The van der Waals surface area contributed by atoms with E-state index in [1.807, 2.05) is 0 Å². The minimum absolute atomic E-state index is 0.178. The topological polar surface area (TPSA) is 29.3 Å². The van der Waals surface area contributed by atoms with E-state index in [1.165, 1.54) is 38.6 Å². The molecule has 2 nitrogen and oxygen atoms in total. The minimum Gasteiger partial charge on any atom is -0.324 e. The number of rotatable bonds is 7. The molecule has 1 rings (SSSR count). The van der Waals surface area contributed by atoms with Gasteiger partial charge in [-0.15, -0.1) is 0 Å². The number of nitrogens with zero attached hydrogens (tertiary/aromatic N) is 1. The quantitative estimate of drug-likeness (QED) is 0.680. The van der Waals surface area contributed by atoms with Crippen molar-refractivity contribution in [1.82, 2.24) is 4.90 Å². The van der Waals surface area contributed by atoms with E-state index >= 15 is 0 Å². The van der Waals surface area contributed by atoms with Crippen molar-refractivity contribution < 1.29 is 0 Å². The second-order valence-electron chi connectivity index (χ2n) is 4.94. The maximum absolute atomic E-state index is 6.17. The largest absolute Gasteiger partial charge is 0.324 e. The lowest BCUT2D eigenvalue weighted by atomic mass is 10.1. The summed E-state index contributed by atoms with van der Waals surface area (Å²) < 4.78 is 0. The van der Waals surface area contributed by atoms with Crippen molar-refractivity contribution in [1.29, 1.82) is 0 Å². The fourth-order valence-corrected chi connectivity index (χ4v) is 1.80. The van der Waals surface area contributed by atoms with Gasteiger partial charge in [0.15, 0.2) is 0 Å². The lowest BCUT2D eigenvalue weighted by molar-refractivity contribution is 0.184. The molecule has 0 spiro atoms. The van der Waals surface area contributed by atoms with Crippen LogP contribution in [0.5, 0.6) is 0 Å². The van der Waals surface area contributed by atoms with Crippen molar-refractivity contribution in [2.24, 2.45) is 5.73 Å². The molecule has 1 unspecified atom stereocenters. The highest BCUT2D eigenvalue weighted by molar-refractivity contribution is 5.01. The summed E-state index contributed by atoms with van der Waals surface area (Å²) in [5, 5.41) is 0. The lowest BCUT2D eigenvalue weighted by Gasteiger charge is -2.30. The van der Waals surface area contributed by atoms with Crippen molar-refractivity contribution in [3.8, 4) is 0 Å². The molecule has 2 N–H and O–H groups in total. The first-order valence-corrected chi connectivity index (χ1v) is 6.14. The van der Waals surface area contributed by atoms with E-state index in [-0.39, 0.29) is 5.54 Å². The predicted octanol–water partition coefficient (Wildman–Crippen LogP) is 2.38. The molecule has 0 aromatic rings. The van der Waals surface area contributed by atoms with Crippen LogP contribution in [0.2, 0.25) is 0 Å². The molecule has 0 aromatic carbocycles. The Labute approximate surface area is 88.8 Å². The number of hydrogen-bond acceptors (Lipinski definition) is 2. The van der Waals surface area contributed by atoms with Crippen LogP contribution in [-0.4, -0.2) is 29.6 Å². The van der Waals surface area contributed by atoms with E-state index in [4.69, 9.17) is 5.73 Å². The van der Waals surface area contributed by atoms with E-state index in [2.05, 4.69) is 25.7 Å². The minimum atomic E-state index is 0.178. The number of unbranched alkanes of at least 4 members (excludes halogenated alkanes) is 1. The van der Waals surface area contributed by atoms with Gasteiger partial charge in [-0.2, -0.15) is 0 Å². The van der Waals surface area contributed by atoms with Gasteiger partial charge in [-0.3, -0.25) is 4.90 Å². The molecule has 0 radical (unpaired) electrons. The Kier molecular flexibility index (Phi) is 4.39. The van der Waals surface area contributed by atoms with Crippen LogP contribution in [0.25, 0.3) is 0 Å². The highest BCUT2D eigenvalue weighted by Gasteiger charge is 2.40. The van der Waals surface area contributed by atoms with Gasteiger partial charge in [-0.25, -0.2) is 0 Å². The van der Waals surface area contributed by atoms with Crippen LogP contribution in [-0.2, 0) is 0 Å². The van der Waals surface area contributed by atoms with Crippen LogP contribution in [0.4, 0.5) is 0 Å². The van der Waals surface area contributed by atoms with Gasteiger partial charge in [-0.1, -0.05) is 20.3 Å². The monoisotopic (exact) mass is 198 g/mol. The zero-order chi connectivity index (χ0) is 10.6. The molecule has 1 aliphatic rings. The van der Waals surface area contributed by atoms with Gasteiger partial charge >= 0.3 is 0 Å². The van der Waals surface area contributed by atoms with Gasteiger partial charge in [0, 0.05) is 18.1 Å². The third-order valence-electron chi connectivity index (χ3n) is 3.42. The summed E-state index contributed by atoms with van der Waals surface area (Å²) in [6.07, 6.45) is 6.28. The van der Waals surface area contributed by atoms with Crippen molar-refractivity contribution >= 4 is 0 Å². The van der Waals surface area contributed by atoms with Gasteiger partial charge < -0.3 is 5.73 Å². The highest BCUT2D eigenvalue weighted by Crippen LogP contribution is 2.33. The fourth-order valence-electron chi connectivity index (χ4n) is 1.80. The Morgan fingerprint density at radius 1 is 1.36 bits per heavy atom. The summed E-state index contributed by atoms with van der Waals surface area (Å²) in [5.41, 5.74) is 6.35. The number of nitrogens with two attached hydrogens (primary N) is 1. The van der Waals surface area contributed by atoms with Crippen molar-refractivity contribution in [3.05, 3.63) is 0 Å². The Morgan fingerprint density at radius 3 is 2.43 bits per heavy atom. The highest BCUT2D eigenvalue weighted by atomic mass is 15.2. The van der Waals surface area contributed by atoms with Gasteiger partial charge in [0.1, 0.15) is 0 Å². The van der Waals surface area contributed by atoms with Crippen LogP contribution in [0.15, 0.2) is 0 Å². The Balaban J connectivity index is 2.35. The second kappa shape index (κ2) is 5.13. The number of hydrogen-bond donors (Lipinski definition) is 1. The maximum Gasteiger partial charge on any atom is 0.0284 e. The molecule has 1 aliphatic carbocycles. The maximum atomic E-state index is 6.17. The third-order valence-corrected chi connectivity index (χ3v) is 3.42. The zero-order valence-electron chi connectivity index (χ0n) is 10.1. The molecule has 1 saturated carbocycles. The summed E-state index contributed by atoms with van der Waals surface area (Å²) in [4.78, 5) is 2.58. The molecule has 84 valence electrons. The molecule has 0 aromatic heterocycles. The molecule has 0 saturated heterocycles. The predicted molar refractivity (Wildman–Crippen MR) is 62.4 cm³/mol. The van der Waals surface area contributed by atoms with Crippen molar-refractivity contribution in [3.63, 3.8) is 0 Å². The second-order valence-corrected chi connectivity index (χ2v) is 4.94. The average Bonchev–Trinajstić information content (AvgIpc) is 2.90. The van der Waals surface area contributed by atoms with Gasteiger partial charge in [0.25, 0.3) is 0 Å². The van der Waals surface area contributed by atoms with E-state index in [1.54, 1.807) is 0 Å². The first-order valence-electron chi connectivity index (χ1n) is 6.14. The standard InChI is InChI=1S/C12H26N2/c1-4-6-9-14(11(3)5-2)10-12(13)7-8-12/h11H,4-10,13H2,1-3H3. The molecule has 2 heteroatoms. The van der Waals surface area contributed by atoms with Crippen molar-refractivity contribution in [2.75, 3.05) is 13.1 Å². The summed E-state index contributed by atoms with van der Waals surface area (Å²) in [6, 6.07) is 0.697. The molecule has 0 heterocycles. The van der Waals surface area contributed by atoms with Gasteiger partial charge in [-0.05, 0) is 39.2 Å². The van der Waals surface area contributed by atoms with Crippen LogP contribution < -0.4 is 5.73 Å². The summed E-state index contributed by atoms with van der Waals surface area (Å²) in [7, 11) is 0. The van der Waals surface area contributed by atoms with Gasteiger partial charge in [0.05, 0.1) is 0 Å². The van der Waals surface area contributed by atoms with Crippen LogP contribution >= 0.6 is 0 Å². The Hall–Kier alpha value is -0.0800. The fraction of sp³-hybridized carbons (Fsp3) is 1.00. The summed E-state index contributed by atoms with van der Waals surface area (Å²) in [5.74, 6) is 0. The summed E-state index contributed by atoms with van der Waals surface area (Å²) in [6.45, 7) is 9.18. The Bertz CT molecular complexity index is 164. The molecular formula is C12H26N2. The normalized spacial score (nSPS) is 21.2. The van der Waals surface area contributed by atoms with Gasteiger partial charge in [0.2, 0.25) is 0 Å². The molecule has 0 amide bonds. The SMILES string of the molecule is CCCCN(CC1(N)CC1)C(C)CC. The first kappa shape index (κ1) is 12.0. The third kappa shape index (κ3) is 3.58. The molecule has 1 atom stereocenters. The van der Waals surface area contributed by atoms with Crippen LogP contribution in [0, 0.1) is 0 Å². The molecule has 0 bridgehead atoms. The van der Waals surface area contributed by atoms with E-state index in [9.17, 15) is 0 Å². The first-order chi connectivity index (χ1) is 6.61. The van der Waals surface area contributed by atoms with Crippen LogP contribution in [0.1, 0.15) is 52.9 Å². The van der Waals surface area contributed by atoms with Crippen molar-refractivity contribution in [2.45, 2.75) is 64.5 Å². The van der Waals surface area contributed by atoms with E-state index in [0.717, 1.165) is 6.54 Å². The van der Waals surface area contributed by atoms with Crippen LogP contribution in [0.3, 0.4) is 0 Å². The lowest BCUT2D eigenvalue weighted by Crippen LogP contribution is -2.44. The molecule has 1 fully saturated rings. The molecular weight excluding hydrogens is 172 g/mol. The Morgan fingerprint density at radius 2 is 2.00 bits per heavy atom. The van der Waals surface area contributed by atoms with E-state index < -0.39 is 0 Å². The zero-order valence-corrected chi connectivity index (χ0v) is 10.1. The molecule has 14 heavy (non-hydrogen) atoms. The average molecular weight is 198 g/mol. The smallest absolute Gasteiger partial charge is 0.0284 e. The van der Waals surface area contributed by atoms with E-state index in [0.29, 0.717) is 6.04 Å². The molecule has 0 aliphatic heterocycles. The summed E-state index contributed by atoms with van der Waals surface area (Å²) >= 11 is 0.